The van der Waals surface area contributed by atoms with Crippen molar-refractivity contribution in [3.8, 4) is 23.2 Å². The number of rotatable bonds is 7. The monoisotopic (exact) mass is 760 g/mol. The van der Waals surface area contributed by atoms with Crippen molar-refractivity contribution in [1.82, 2.24) is 19.8 Å². The topological polar surface area (TPSA) is 135 Å². The Bertz CT molecular complexity index is 2140. The lowest BCUT2D eigenvalue weighted by atomic mass is 9.92. The molecule has 10 nitrogen and oxygen atoms in total. The van der Waals surface area contributed by atoms with Crippen molar-refractivity contribution in [1.29, 1.82) is 10.7 Å². The first kappa shape index (κ1) is 38.0. The van der Waals surface area contributed by atoms with Gasteiger partial charge in [0.1, 0.15) is 41.0 Å². The lowest BCUT2D eigenvalue weighted by Gasteiger charge is -2.33. The van der Waals surface area contributed by atoms with Crippen molar-refractivity contribution in [3.63, 3.8) is 0 Å². The third-order valence-electron chi connectivity index (χ3n) is 10.6. The first-order valence-electron chi connectivity index (χ1n) is 17.3. The molecule has 0 radical (unpaired) electrons. The summed E-state index contributed by atoms with van der Waals surface area (Å²) in [6.45, 7) is 6.86. The van der Waals surface area contributed by atoms with Crippen LogP contribution in [-0.2, 0) is 11.0 Å². The Morgan fingerprint density at radius 2 is 2.00 bits per heavy atom. The highest BCUT2D eigenvalue weighted by Gasteiger charge is 2.49. The first-order valence-corrected chi connectivity index (χ1v) is 18.1. The molecule has 53 heavy (non-hydrogen) atoms. The average molecular weight is 761 g/mol. The molecule has 3 N–H and O–H groups in total. The number of thiophene rings is 1. The van der Waals surface area contributed by atoms with Crippen LogP contribution in [0.3, 0.4) is 0 Å². The number of nitrogens with one attached hydrogen (secondary N) is 1. The van der Waals surface area contributed by atoms with Gasteiger partial charge in [0.05, 0.1) is 33.6 Å². The number of hydrogen-bond donors (Lipinski definition) is 2. The Morgan fingerprint density at radius 1 is 1.26 bits per heavy atom. The van der Waals surface area contributed by atoms with Crippen molar-refractivity contribution >= 4 is 55.3 Å². The highest BCUT2D eigenvalue weighted by molar-refractivity contribution is 7.23. The van der Waals surface area contributed by atoms with Gasteiger partial charge in [0.15, 0.2) is 5.82 Å². The summed E-state index contributed by atoms with van der Waals surface area (Å²) in [7, 11) is 1.56. The molecule has 282 valence electrons. The van der Waals surface area contributed by atoms with E-state index in [1.165, 1.54) is 4.90 Å². The van der Waals surface area contributed by atoms with E-state index in [2.05, 4.69) is 9.97 Å². The van der Waals surface area contributed by atoms with Crippen LogP contribution in [0.5, 0.6) is 6.01 Å². The van der Waals surface area contributed by atoms with Gasteiger partial charge in [0.25, 0.3) is 5.91 Å². The van der Waals surface area contributed by atoms with Crippen LogP contribution in [0.4, 0.5) is 37.2 Å². The average Bonchev–Trinajstić information content (AvgIpc) is 3.88. The van der Waals surface area contributed by atoms with E-state index in [-0.39, 0.29) is 64.0 Å². The minimum atomic E-state index is -5.14. The number of likely N-dealkylation sites (tertiary alicyclic amines) is 1. The van der Waals surface area contributed by atoms with Crippen molar-refractivity contribution < 1.29 is 35.9 Å². The number of anilines is 2. The number of carbonyl (C=O) groups excluding carboxylic acids is 1. The molecule has 3 saturated heterocycles. The summed E-state index contributed by atoms with van der Waals surface area (Å²) in [6, 6.07) is 3.04. The number of alkyl halides is 4. The highest BCUT2D eigenvalue weighted by Crippen LogP contribution is 2.48. The zero-order valence-corrected chi connectivity index (χ0v) is 30.3. The normalized spacial score (nSPS) is 22.8. The zero-order valence-electron chi connectivity index (χ0n) is 29.5. The number of nitrogen functional groups attached to an aromatic ring is 1. The van der Waals surface area contributed by atoms with Crippen LogP contribution in [-0.4, -0.2) is 89.0 Å². The summed E-state index contributed by atoms with van der Waals surface area (Å²) in [4.78, 5) is 26.2. The molecular formula is C36H38F6N8O2S. The fraction of sp³-hybridized carbons (Fsp3) is 0.472. The Labute approximate surface area is 305 Å². The molecule has 0 spiro atoms. The van der Waals surface area contributed by atoms with Gasteiger partial charge in [-0.3, -0.25) is 9.69 Å². The predicted molar refractivity (Wildman–Crippen MR) is 191 cm³/mol. The first-order chi connectivity index (χ1) is 25.2. The van der Waals surface area contributed by atoms with Gasteiger partial charge < -0.3 is 25.7 Å². The minimum absolute atomic E-state index is 0.0447. The summed E-state index contributed by atoms with van der Waals surface area (Å²) in [5.41, 5.74) is 1.72. The van der Waals surface area contributed by atoms with E-state index in [0.29, 0.717) is 36.9 Å². The number of hydrogen-bond acceptors (Lipinski definition) is 10. The zero-order chi connectivity index (χ0) is 38.6. The molecule has 0 saturated carbocycles. The second-order valence-corrected chi connectivity index (χ2v) is 14.4. The molecule has 17 heteroatoms. The van der Waals surface area contributed by atoms with Crippen LogP contribution in [0.1, 0.15) is 57.6 Å². The van der Waals surface area contributed by atoms with E-state index < -0.39 is 69.7 Å². The number of nitrogens with two attached hydrogens (primary N) is 1. The maximum absolute atomic E-state index is 17.1. The van der Waals surface area contributed by atoms with Crippen molar-refractivity contribution in [2.24, 2.45) is 0 Å². The second-order valence-electron chi connectivity index (χ2n) is 13.3. The molecule has 1 amide bonds. The van der Waals surface area contributed by atoms with Gasteiger partial charge in [-0.25, -0.2) is 13.2 Å². The molecule has 3 aliphatic rings. The van der Waals surface area contributed by atoms with E-state index in [1.807, 2.05) is 24.8 Å². The number of fused-ring (bicyclic) bond motifs is 3. The Morgan fingerprint density at radius 3 is 2.68 bits per heavy atom. The van der Waals surface area contributed by atoms with Crippen LogP contribution in [0, 0.1) is 28.4 Å². The Kier molecular flexibility index (Phi) is 10.2. The smallest absolute Gasteiger partial charge is 0.417 e. The van der Waals surface area contributed by atoms with Crippen molar-refractivity contribution in [3.05, 3.63) is 41.0 Å². The molecule has 2 aromatic heterocycles. The quantitative estimate of drug-likeness (QED) is 0.148. The Balaban J connectivity index is 0.00000236. The van der Waals surface area contributed by atoms with E-state index in [4.69, 9.17) is 15.9 Å². The van der Waals surface area contributed by atoms with E-state index in [0.717, 1.165) is 24.6 Å². The lowest BCUT2D eigenvalue weighted by molar-refractivity contribution is -0.137. The van der Waals surface area contributed by atoms with E-state index in [1.54, 1.807) is 18.9 Å². The fourth-order valence-corrected chi connectivity index (χ4v) is 9.11. The van der Waals surface area contributed by atoms with Gasteiger partial charge in [-0.2, -0.15) is 28.4 Å². The molecule has 3 fully saturated rings. The molecule has 4 atom stereocenters. The van der Waals surface area contributed by atoms with Crippen molar-refractivity contribution in [2.75, 3.05) is 43.9 Å². The van der Waals surface area contributed by atoms with Crippen molar-refractivity contribution in [2.45, 2.75) is 76.4 Å². The second kappa shape index (κ2) is 14.3. The number of amides is 1. The molecule has 3 aliphatic heterocycles. The summed E-state index contributed by atoms with van der Waals surface area (Å²) in [5, 5.41) is 16.5. The SMILES string of the molecule is CC.CC1C(N(C)c2nc(OCC34CCCN3CC(F)C4)nc3c(F)c(-c4ccc(F)c5sc(N)c(C#N)c45)c(C(F)(F)F)cc23)CCN1C(=O)C=N. The summed E-state index contributed by atoms with van der Waals surface area (Å²) in [5.74, 6) is -2.89. The standard InChI is InChI=1S/C34H32F6N8O2S.C2H6/c1-16-23(6-9-48(16)24(49)13-42)46(2)31-19-10-21(34(38,39)40)26(18-4-5-22(36)29-25(18)20(12-41)30(43)51-29)27(37)28(19)44-32(45-31)50-15-33-7-3-8-47(33)14-17(35)11-33;1-2/h4-5,10,13,16-17,23,42H,3,6-9,11,14-15,43H2,1-2H3;1-2H3. The largest absolute Gasteiger partial charge is 0.461 e. The van der Waals surface area contributed by atoms with Crippen LogP contribution < -0.4 is 15.4 Å². The van der Waals surface area contributed by atoms with Crippen LogP contribution in [0.2, 0.25) is 0 Å². The van der Waals surface area contributed by atoms with Gasteiger partial charge in [0, 0.05) is 48.9 Å². The van der Waals surface area contributed by atoms with Crippen LogP contribution in [0.25, 0.3) is 32.1 Å². The molecule has 7 rings (SSSR count). The number of nitriles is 1. The number of aromatic nitrogens is 2. The molecule has 0 aliphatic carbocycles. The molecule has 2 aromatic carbocycles. The van der Waals surface area contributed by atoms with Gasteiger partial charge >= 0.3 is 12.2 Å². The number of nitrogens with zero attached hydrogens (tertiary/aromatic N) is 6. The van der Waals surface area contributed by atoms with E-state index >= 15 is 17.6 Å². The molecule has 5 heterocycles. The maximum atomic E-state index is 17.1. The van der Waals surface area contributed by atoms with E-state index in [9.17, 15) is 18.8 Å². The number of halogens is 6. The van der Waals surface area contributed by atoms with Crippen LogP contribution in [0.15, 0.2) is 18.2 Å². The lowest BCUT2D eigenvalue weighted by Crippen LogP contribution is -2.44. The molecule has 4 unspecified atom stereocenters. The number of likely N-dealkylation sites (N-methyl/N-ethyl adjacent to an activating group) is 1. The van der Waals surface area contributed by atoms with Gasteiger partial charge in [-0.1, -0.05) is 19.9 Å². The fourth-order valence-electron chi connectivity index (χ4n) is 8.16. The summed E-state index contributed by atoms with van der Waals surface area (Å²) in [6.07, 6.45) is -3.50. The summed E-state index contributed by atoms with van der Waals surface area (Å²) >= 11 is 0.666. The molecule has 4 aromatic rings. The number of ether oxygens (including phenoxy) is 1. The molecular weight excluding hydrogens is 723 g/mol. The third-order valence-corrected chi connectivity index (χ3v) is 11.6. The van der Waals surface area contributed by atoms with Crippen LogP contribution >= 0.6 is 11.3 Å². The number of benzene rings is 2. The van der Waals surface area contributed by atoms with Gasteiger partial charge in [-0.05, 0) is 50.4 Å². The maximum Gasteiger partial charge on any atom is 0.417 e. The predicted octanol–water partition coefficient (Wildman–Crippen LogP) is 7.32. The highest BCUT2D eigenvalue weighted by atomic mass is 32.1. The third kappa shape index (κ3) is 6.39. The van der Waals surface area contributed by atoms with Gasteiger partial charge in [-0.15, -0.1) is 11.3 Å². The minimum Gasteiger partial charge on any atom is -0.461 e. The number of carbonyl (C=O) groups is 1. The van der Waals surface area contributed by atoms with Gasteiger partial charge in [0.2, 0.25) is 0 Å². The summed E-state index contributed by atoms with van der Waals surface area (Å²) < 4.78 is 97.5. The Hall–Kier alpha value is -4.69. The molecule has 0 bridgehead atoms.